The van der Waals surface area contributed by atoms with Crippen LogP contribution in [-0.2, 0) is 12.8 Å². The average molecular weight is 401 g/mol. The van der Waals surface area contributed by atoms with E-state index >= 15 is 0 Å². The monoisotopic (exact) mass is 400 g/mol. The molecule has 0 aromatic carbocycles. The Morgan fingerprint density at radius 2 is 1.03 bits per heavy atom. The van der Waals surface area contributed by atoms with Gasteiger partial charge in [0, 0.05) is 49.6 Å². The predicted octanol–water partition coefficient (Wildman–Crippen LogP) is 6.07. The second kappa shape index (κ2) is 16.5. The highest BCUT2D eigenvalue weighted by Crippen LogP contribution is 1.95. The maximum atomic E-state index is 3.96. The molecule has 4 nitrogen and oxygen atoms in total. The molecule has 4 aromatic rings. The van der Waals surface area contributed by atoms with E-state index in [9.17, 15) is 0 Å². The maximum absolute atomic E-state index is 3.96. The third-order valence-electron chi connectivity index (χ3n) is 3.95. The first-order chi connectivity index (χ1) is 14.7. The summed E-state index contributed by atoms with van der Waals surface area (Å²) in [4.78, 5) is 15.6. The van der Waals surface area contributed by atoms with Crippen LogP contribution in [0.3, 0.4) is 0 Å². The smallest absolute Gasteiger partial charge is 0.0299 e. The summed E-state index contributed by atoms with van der Waals surface area (Å²) in [6.45, 7) is 8.32. The Morgan fingerprint density at radius 3 is 1.30 bits per heavy atom. The van der Waals surface area contributed by atoms with Crippen LogP contribution in [-0.4, -0.2) is 19.9 Å². The fourth-order valence-corrected chi connectivity index (χ4v) is 2.10. The minimum Gasteiger partial charge on any atom is -0.265 e. The molecule has 4 aromatic heterocycles. The molecule has 0 aliphatic rings. The number of hydrogen-bond acceptors (Lipinski definition) is 4. The highest BCUT2D eigenvalue weighted by atomic mass is 14.6. The minimum absolute atomic E-state index is 1.08. The summed E-state index contributed by atoms with van der Waals surface area (Å²) in [6, 6.07) is 16.0. The molecule has 0 fully saturated rings. The largest absolute Gasteiger partial charge is 0.265 e. The van der Waals surface area contributed by atoms with Gasteiger partial charge in [0.15, 0.2) is 0 Å². The number of nitrogens with zero attached hydrogens (tertiary/aromatic N) is 4. The Labute approximate surface area is 181 Å². The van der Waals surface area contributed by atoms with Gasteiger partial charge in [0.25, 0.3) is 0 Å². The fourth-order valence-electron chi connectivity index (χ4n) is 2.10. The number of aryl methyl sites for hydroxylation is 4. The van der Waals surface area contributed by atoms with Crippen LogP contribution in [0.15, 0.2) is 98.1 Å². The highest BCUT2D eigenvalue weighted by Gasteiger charge is 1.81. The summed E-state index contributed by atoms with van der Waals surface area (Å²) >= 11 is 0. The van der Waals surface area contributed by atoms with Crippen LogP contribution in [0.2, 0.25) is 0 Å². The molecule has 156 valence electrons. The topological polar surface area (TPSA) is 51.6 Å². The van der Waals surface area contributed by atoms with Crippen LogP contribution in [0.25, 0.3) is 0 Å². The Balaban J connectivity index is 0.000000200. The Morgan fingerprint density at radius 1 is 0.500 bits per heavy atom. The summed E-state index contributed by atoms with van der Waals surface area (Å²) in [5, 5.41) is 0. The third-order valence-corrected chi connectivity index (χ3v) is 3.95. The average Bonchev–Trinajstić information content (AvgIpc) is 2.82. The lowest BCUT2D eigenvalue weighted by Crippen LogP contribution is -1.77. The van der Waals surface area contributed by atoms with E-state index in [-0.39, 0.29) is 0 Å². The molecule has 0 N–H and O–H groups in total. The highest BCUT2D eigenvalue weighted by molar-refractivity contribution is 5.09. The van der Waals surface area contributed by atoms with Gasteiger partial charge in [0.1, 0.15) is 0 Å². The Bertz CT molecular complexity index is 791. The quantitative estimate of drug-likeness (QED) is 0.410. The van der Waals surface area contributed by atoms with Crippen molar-refractivity contribution in [2.45, 2.75) is 40.5 Å². The van der Waals surface area contributed by atoms with Gasteiger partial charge in [0.2, 0.25) is 0 Å². The van der Waals surface area contributed by atoms with E-state index in [1.165, 1.54) is 22.3 Å². The third kappa shape index (κ3) is 12.9. The lowest BCUT2D eigenvalue weighted by molar-refractivity contribution is 1.10. The normalized spacial score (nSPS) is 8.93. The molecule has 4 rings (SSSR count). The lowest BCUT2D eigenvalue weighted by Gasteiger charge is -1.89. The molecule has 0 unspecified atom stereocenters. The van der Waals surface area contributed by atoms with Crippen molar-refractivity contribution in [1.29, 1.82) is 0 Å². The van der Waals surface area contributed by atoms with Crippen molar-refractivity contribution in [1.82, 2.24) is 19.9 Å². The Kier molecular flexibility index (Phi) is 13.6. The van der Waals surface area contributed by atoms with Gasteiger partial charge in [-0.2, -0.15) is 0 Å². The van der Waals surface area contributed by atoms with Gasteiger partial charge in [0.05, 0.1) is 0 Å². The van der Waals surface area contributed by atoms with Gasteiger partial charge >= 0.3 is 0 Å². The van der Waals surface area contributed by atoms with Crippen LogP contribution < -0.4 is 0 Å². The van der Waals surface area contributed by atoms with Crippen molar-refractivity contribution in [2.75, 3.05) is 0 Å². The number of pyridine rings is 4. The first-order valence-electron chi connectivity index (χ1n) is 10.2. The van der Waals surface area contributed by atoms with Gasteiger partial charge in [-0.1, -0.05) is 26.0 Å². The summed E-state index contributed by atoms with van der Waals surface area (Å²) in [5.74, 6) is 0. The molecule has 0 amide bonds. The second-order valence-corrected chi connectivity index (χ2v) is 6.48. The molecule has 0 aliphatic heterocycles. The van der Waals surface area contributed by atoms with Crippen LogP contribution in [0.4, 0.5) is 0 Å². The summed E-state index contributed by atoms with van der Waals surface area (Å²) < 4.78 is 0. The zero-order valence-electron chi connectivity index (χ0n) is 18.4. The van der Waals surface area contributed by atoms with Crippen LogP contribution in [0, 0.1) is 13.8 Å². The van der Waals surface area contributed by atoms with Gasteiger partial charge in [-0.15, -0.1) is 0 Å². The van der Waals surface area contributed by atoms with Crippen LogP contribution in [0.1, 0.15) is 36.1 Å². The molecule has 0 aliphatic carbocycles. The summed E-state index contributed by atoms with van der Waals surface area (Å²) in [6.07, 6.45) is 16.7. The van der Waals surface area contributed by atoms with Gasteiger partial charge in [-0.3, -0.25) is 19.9 Å². The van der Waals surface area contributed by atoms with Crippen molar-refractivity contribution in [3.63, 3.8) is 0 Å². The molecule has 30 heavy (non-hydrogen) atoms. The molecule has 0 spiro atoms. The van der Waals surface area contributed by atoms with Crippen LogP contribution in [0.5, 0.6) is 0 Å². The number of aromatic nitrogens is 4. The first-order valence-corrected chi connectivity index (χ1v) is 10.2. The SMILES string of the molecule is CCc1cccnc1.CCc1ccncc1.Cc1cccnc1.Cc1ccncc1. The van der Waals surface area contributed by atoms with E-state index in [1.54, 1.807) is 24.8 Å². The van der Waals surface area contributed by atoms with E-state index in [0.717, 1.165) is 12.8 Å². The van der Waals surface area contributed by atoms with Gasteiger partial charge in [-0.25, -0.2) is 0 Å². The van der Waals surface area contributed by atoms with Crippen molar-refractivity contribution in [3.8, 4) is 0 Å². The number of hydrogen-bond donors (Lipinski definition) is 0. The van der Waals surface area contributed by atoms with Crippen molar-refractivity contribution < 1.29 is 0 Å². The molecule has 0 atom stereocenters. The van der Waals surface area contributed by atoms with E-state index in [1.807, 2.05) is 81.1 Å². The maximum Gasteiger partial charge on any atom is 0.0299 e. The number of rotatable bonds is 2. The molecule has 4 heteroatoms. The molecule has 0 radical (unpaired) electrons. The van der Waals surface area contributed by atoms with E-state index in [4.69, 9.17) is 0 Å². The molecule has 0 saturated carbocycles. The predicted molar refractivity (Wildman–Crippen MR) is 125 cm³/mol. The minimum atomic E-state index is 1.08. The second-order valence-electron chi connectivity index (χ2n) is 6.48. The van der Waals surface area contributed by atoms with Gasteiger partial charge < -0.3 is 0 Å². The molecular formula is C26H32N4. The summed E-state index contributed by atoms with van der Waals surface area (Å²) in [7, 11) is 0. The lowest BCUT2D eigenvalue weighted by atomic mass is 10.2. The Hall–Kier alpha value is -3.40. The molecule has 0 saturated heterocycles. The summed E-state index contributed by atoms with van der Waals surface area (Å²) in [5.41, 5.74) is 5.12. The molecule has 4 heterocycles. The van der Waals surface area contributed by atoms with Crippen molar-refractivity contribution in [3.05, 3.63) is 120 Å². The van der Waals surface area contributed by atoms with Crippen molar-refractivity contribution >= 4 is 0 Å². The van der Waals surface area contributed by atoms with Gasteiger partial charge in [-0.05, 0) is 85.3 Å². The molecular weight excluding hydrogens is 368 g/mol. The van der Waals surface area contributed by atoms with Crippen LogP contribution >= 0.6 is 0 Å². The zero-order chi connectivity index (χ0) is 21.9. The van der Waals surface area contributed by atoms with E-state index in [0.29, 0.717) is 0 Å². The van der Waals surface area contributed by atoms with E-state index < -0.39 is 0 Å². The standard InChI is InChI=1S/2C7H9N.2C6H7N/c1-2-7-3-5-8-6-4-7;1-2-7-4-3-5-8-6-7;1-6-2-4-7-5-3-6;1-6-3-2-4-7-5-6/h2*3-6H,2H2,1H3;2*2-5H,1H3. The van der Waals surface area contributed by atoms with E-state index in [2.05, 4.69) is 39.8 Å². The molecule has 0 bridgehead atoms. The fraction of sp³-hybridized carbons (Fsp3) is 0.231. The first kappa shape index (κ1) is 24.6. The zero-order valence-corrected chi connectivity index (χ0v) is 18.4. The van der Waals surface area contributed by atoms with Crippen molar-refractivity contribution in [2.24, 2.45) is 0 Å².